The Morgan fingerprint density at radius 2 is 1.70 bits per heavy atom. The highest BCUT2D eigenvalue weighted by atomic mass is 16.5. The molecule has 2 aliphatic rings. The molecule has 1 N–H and O–H groups in total. The van der Waals surface area contributed by atoms with E-state index < -0.39 is 0 Å². The Hall–Kier alpha value is -2.60. The number of carbonyl (C=O) groups is 2. The molecule has 4 rings (SSSR count). The summed E-state index contributed by atoms with van der Waals surface area (Å²) in [5, 5.41) is 5.11. The molecule has 0 radical (unpaired) electrons. The third-order valence-electron chi connectivity index (χ3n) is 7.81. The van der Waals surface area contributed by atoms with Gasteiger partial charge in [-0.3, -0.25) is 9.59 Å². The van der Waals surface area contributed by atoms with Gasteiger partial charge in [0.05, 0.1) is 7.11 Å². The molecule has 178 valence electrons. The van der Waals surface area contributed by atoms with Crippen LogP contribution in [0.5, 0.6) is 5.75 Å². The number of fused-ring (bicyclic) bond motifs is 1. The second kappa shape index (κ2) is 10.1. The molecule has 0 unspecified atom stereocenters. The van der Waals surface area contributed by atoms with Crippen molar-refractivity contribution in [2.45, 2.75) is 50.5 Å². The maximum atomic E-state index is 13.3. The second-order valence-electron chi connectivity index (χ2n) is 9.82. The van der Waals surface area contributed by atoms with Crippen molar-refractivity contribution in [1.29, 1.82) is 0 Å². The minimum atomic E-state index is -0.0236. The molecule has 1 aliphatic heterocycles. The molecule has 6 nitrogen and oxygen atoms in total. The predicted octanol–water partition coefficient (Wildman–Crippen LogP) is 4.08. The number of rotatable bonds is 6. The molecule has 33 heavy (non-hydrogen) atoms. The number of nitrogens with zero attached hydrogens (tertiary/aromatic N) is 2. The Kier molecular flexibility index (Phi) is 7.23. The number of piperidine rings is 1. The Morgan fingerprint density at radius 1 is 1.03 bits per heavy atom. The lowest BCUT2D eigenvalue weighted by molar-refractivity contribution is -0.127. The number of hydrogen-bond donors (Lipinski definition) is 1. The zero-order valence-electron chi connectivity index (χ0n) is 20.2. The third-order valence-corrected chi connectivity index (χ3v) is 7.81. The van der Waals surface area contributed by atoms with Crippen LogP contribution < -0.4 is 10.1 Å². The monoisotopic (exact) mass is 451 g/mol. The van der Waals surface area contributed by atoms with Crippen molar-refractivity contribution in [3.63, 3.8) is 0 Å². The molecule has 0 bridgehead atoms. The molecule has 0 spiro atoms. The van der Waals surface area contributed by atoms with E-state index in [0.29, 0.717) is 31.5 Å². The van der Waals surface area contributed by atoms with E-state index in [1.165, 1.54) is 19.3 Å². The zero-order chi connectivity index (χ0) is 23.4. The van der Waals surface area contributed by atoms with Gasteiger partial charge >= 0.3 is 0 Å². The number of ether oxygens (including phenoxy) is 1. The number of likely N-dealkylation sites (N-methyl/N-ethyl adjacent to an activating group) is 1. The second-order valence-corrected chi connectivity index (χ2v) is 9.82. The molecule has 1 aliphatic carbocycles. The molecule has 2 fully saturated rings. The highest BCUT2D eigenvalue weighted by Crippen LogP contribution is 2.32. The van der Waals surface area contributed by atoms with Gasteiger partial charge in [0, 0.05) is 42.0 Å². The van der Waals surface area contributed by atoms with E-state index in [-0.39, 0.29) is 23.3 Å². The lowest BCUT2D eigenvalue weighted by Crippen LogP contribution is -2.55. The molecule has 1 saturated carbocycles. The summed E-state index contributed by atoms with van der Waals surface area (Å²) in [4.78, 5) is 30.5. The van der Waals surface area contributed by atoms with E-state index in [0.717, 1.165) is 35.9 Å². The summed E-state index contributed by atoms with van der Waals surface area (Å²) in [5.41, 5.74) is 0.777. The zero-order valence-corrected chi connectivity index (χ0v) is 20.2. The van der Waals surface area contributed by atoms with Gasteiger partial charge < -0.3 is 19.9 Å². The van der Waals surface area contributed by atoms with Crippen LogP contribution in [0.15, 0.2) is 36.4 Å². The summed E-state index contributed by atoms with van der Waals surface area (Å²) < 4.78 is 5.46. The number of likely N-dealkylation sites (tertiary alicyclic amines) is 1. The number of nitrogens with one attached hydrogen (secondary N) is 1. The Balaban J connectivity index is 1.36. The fourth-order valence-electron chi connectivity index (χ4n) is 5.54. The first-order valence-electron chi connectivity index (χ1n) is 12.3. The van der Waals surface area contributed by atoms with Gasteiger partial charge in [0.2, 0.25) is 5.91 Å². The highest BCUT2D eigenvalue weighted by Gasteiger charge is 2.36. The largest absolute Gasteiger partial charge is 0.496 e. The van der Waals surface area contributed by atoms with Crippen LogP contribution >= 0.6 is 0 Å². The summed E-state index contributed by atoms with van der Waals surface area (Å²) in [7, 11) is 5.91. The number of carbonyl (C=O) groups excluding carboxylic acids is 2. The van der Waals surface area contributed by atoms with Crippen LogP contribution in [0.1, 0.15) is 55.3 Å². The summed E-state index contributed by atoms with van der Waals surface area (Å²) in [6.45, 7) is 1.93. The summed E-state index contributed by atoms with van der Waals surface area (Å²) >= 11 is 0. The van der Waals surface area contributed by atoms with E-state index in [1.54, 1.807) is 7.11 Å². The maximum absolute atomic E-state index is 13.3. The number of benzene rings is 2. The first-order valence-corrected chi connectivity index (χ1v) is 12.3. The average molecular weight is 452 g/mol. The molecular formula is C27H37N3O3. The van der Waals surface area contributed by atoms with Gasteiger partial charge in [-0.25, -0.2) is 0 Å². The number of amides is 2. The highest BCUT2D eigenvalue weighted by molar-refractivity contribution is 6.08. The molecule has 0 atom stereocenters. The van der Waals surface area contributed by atoms with Crippen LogP contribution in [0.4, 0.5) is 0 Å². The van der Waals surface area contributed by atoms with E-state index in [9.17, 15) is 9.59 Å². The molecule has 2 aromatic carbocycles. The third kappa shape index (κ3) is 4.86. The van der Waals surface area contributed by atoms with Crippen LogP contribution in [-0.2, 0) is 4.79 Å². The smallest absolute Gasteiger partial charge is 0.254 e. The Bertz CT molecular complexity index is 989. The predicted molar refractivity (Wildman–Crippen MR) is 132 cm³/mol. The van der Waals surface area contributed by atoms with Crippen molar-refractivity contribution in [3.8, 4) is 5.75 Å². The van der Waals surface area contributed by atoms with Gasteiger partial charge in [-0.2, -0.15) is 0 Å². The van der Waals surface area contributed by atoms with Crippen LogP contribution in [0.3, 0.4) is 0 Å². The van der Waals surface area contributed by atoms with Gasteiger partial charge in [0.15, 0.2) is 0 Å². The fourth-order valence-corrected chi connectivity index (χ4v) is 5.54. The molecule has 1 heterocycles. The van der Waals surface area contributed by atoms with Gasteiger partial charge in [-0.1, -0.05) is 43.5 Å². The van der Waals surface area contributed by atoms with Gasteiger partial charge in [-0.15, -0.1) is 0 Å². The van der Waals surface area contributed by atoms with Crippen molar-refractivity contribution >= 4 is 22.6 Å². The molecule has 0 aromatic heterocycles. The van der Waals surface area contributed by atoms with Gasteiger partial charge in [-0.05, 0) is 57.3 Å². The summed E-state index contributed by atoms with van der Waals surface area (Å²) in [6.07, 6.45) is 7.45. The first-order chi connectivity index (χ1) is 15.9. The first kappa shape index (κ1) is 23.6. The van der Waals surface area contributed by atoms with Crippen LogP contribution in [0.2, 0.25) is 0 Å². The van der Waals surface area contributed by atoms with Crippen molar-refractivity contribution in [3.05, 3.63) is 42.0 Å². The van der Waals surface area contributed by atoms with Crippen LogP contribution in [-0.4, -0.2) is 68.0 Å². The minimum Gasteiger partial charge on any atom is -0.496 e. The summed E-state index contributed by atoms with van der Waals surface area (Å²) in [6, 6.07) is 11.6. The van der Waals surface area contributed by atoms with Crippen LogP contribution in [0, 0.1) is 5.92 Å². The SMILES string of the molecule is COc1ccc(C(=O)N2CCC(C(=O)NCC3(N(C)C)CCCCC3)CC2)c2ccccc12. The van der Waals surface area contributed by atoms with E-state index in [1.807, 2.05) is 41.3 Å². The van der Waals surface area contributed by atoms with Crippen LogP contribution in [0.25, 0.3) is 10.8 Å². The normalized spacial score (nSPS) is 19.0. The standard InChI is InChI=1S/C27H37N3O3/c1-29(2)27(15-7-4-8-16-27)19-28-25(31)20-13-17-30(18-14-20)26(32)23-11-12-24(33-3)22-10-6-5-9-21(22)23/h5-6,9-12,20H,4,7-8,13-19H2,1-3H3,(H,28,31). The average Bonchev–Trinajstić information content (AvgIpc) is 2.86. The van der Waals surface area contributed by atoms with Gasteiger partial charge in [0.25, 0.3) is 5.91 Å². The summed E-state index contributed by atoms with van der Waals surface area (Å²) in [5.74, 6) is 0.917. The molecule has 6 heteroatoms. The van der Waals surface area contributed by atoms with Crippen molar-refractivity contribution in [2.75, 3.05) is 40.8 Å². The molecule has 1 saturated heterocycles. The quantitative estimate of drug-likeness (QED) is 0.719. The van der Waals surface area contributed by atoms with E-state index in [4.69, 9.17) is 4.74 Å². The maximum Gasteiger partial charge on any atom is 0.254 e. The molecular weight excluding hydrogens is 414 g/mol. The Labute approximate surface area is 197 Å². The fraction of sp³-hybridized carbons (Fsp3) is 0.556. The van der Waals surface area contributed by atoms with Crippen molar-refractivity contribution in [1.82, 2.24) is 15.1 Å². The topological polar surface area (TPSA) is 61.9 Å². The van der Waals surface area contributed by atoms with E-state index in [2.05, 4.69) is 24.3 Å². The number of methoxy groups -OCH3 is 1. The van der Waals surface area contributed by atoms with Crippen molar-refractivity contribution in [2.24, 2.45) is 5.92 Å². The van der Waals surface area contributed by atoms with Crippen molar-refractivity contribution < 1.29 is 14.3 Å². The van der Waals surface area contributed by atoms with Gasteiger partial charge in [0.1, 0.15) is 5.75 Å². The molecule has 2 aromatic rings. The lowest BCUT2D eigenvalue weighted by Gasteiger charge is -2.43. The molecule has 2 amide bonds. The minimum absolute atomic E-state index is 0.0236. The van der Waals surface area contributed by atoms with E-state index >= 15 is 0 Å². The Morgan fingerprint density at radius 3 is 2.33 bits per heavy atom. The lowest BCUT2D eigenvalue weighted by atomic mass is 9.80. The number of hydrogen-bond acceptors (Lipinski definition) is 4.